The summed E-state index contributed by atoms with van der Waals surface area (Å²) in [4.78, 5) is 20.9. The minimum atomic E-state index is -4.74. The van der Waals surface area contributed by atoms with Gasteiger partial charge in [-0.2, -0.15) is 13.2 Å². The van der Waals surface area contributed by atoms with Crippen molar-refractivity contribution in [2.24, 2.45) is 11.1 Å². The number of nitrogens with zero attached hydrogens (tertiary/aromatic N) is 2. The molecule has 0 aliphatic carbocycles. The van der Waals surface area contributed by atoms with Crippen LogP contribution in [0.3, 0.4) is 0 Å². The van der Waals surface area contributed by atoms with Gasteiger partial charge in [0.1, 0.15) is 5.84 Å². The zero-order chi connectivity index (χ0) is 24.1. The molecule has 0 bridgehead atoms. The molecule has 1 aromatic heterocycles. The number of halogens is 5. The molecule has 0 saturated carbocycles. The van der Waals surface area contributed by atoms with E-state index in [2.05, 4.69) is 10.5 Å². The second kappa shape index (κ2) is 8.67. The van der Waals surface area contributed by atoms with Crippen molar-refractivity contribution in [3.8, 4) is 0 Å². The fraction of sp³-hybridized carbons (Fsp3) is 0.455. The Kier molecular flexibility index (Phi) is 6.35. The number of fused-ring (bicyclic) bond motifs is 1. The van der Waals surface area contributed by atoms with Gasteiger partial charge in [-0.25, -0.2) is 0 Å². The van der Waals surface area contributed by atoms with E-state index in [0.717, 1.165) is 16.0 Å². The molecule has 0 fully saturated rings. The zero-order valence-corrected chi connectivity index (χ0v) is 20.5. The van der Waals surface area contributed by atoms with Gasteiger partial charge in [-0.1, -0.05) is 42.2 Å². The molecule has 2 aliphatic heterocycles. The van der Waals surface area contributed by atoms with Crippen LogP contribution in [0.2, 0.25) is 10.0 Å². The first-order chi connectivity index (χ1) is 15.4. The van der Waals surface area contributed by atoms with Gasteiger partial charge in [-0.3, -0.25) is 4.79 Å². The third-order valence-electron chi connectivity index (χ3n) is 5.78. The summed E-state index contributed by atoms with van der Waals surface area (Å²) in [5.74, 6) is 0.403. The summed E-state index contributed by atoms with van der Waals surface area (Å²) in [5, 5.41) is 6.92. The van der Waals surface area contributed by atoms with Crippen molar-refractivity contribution in [1.29, 1.82) is 0 Å². The second-order valence-electron chi connectivity index (χ2n) is 8.68. The van der Waals surface area contributed by atoms with Crippen LogP contribution in [0.1, 0.15) is 51.5 Å². The molecule has 178 valence electrons. The summed E-state index contributed by atoms with van der Waals surface area (Å²) >= 11 is 13.3. The van der Waals surface area contributed by atoms with Crippen LogP contribution < -0.4 is 5.32 Å². The van der Waals surface area contributed by atoms with Crippen LogP contribution in [0, 0.1) is 12.8 Å². The number of benzene rings is 1. The molecule has 1 aromatic carbocycles. The first kappa shape index (κ1) is 24.2. The Morgan fingerprint density at radius 1 is 1.27 bits per heavy atom. The highest BCUT2D eigenvalue weighted by Gasteiger charge is 2.63. The van der Waals surface area contributed by atoms with Gasteiger partial charge >= 0.3 is 6.18 Å². The van der Waals surface area contributed by atoms with E-state index in [1.165, 1.54) is 29.5 Å². The van der Waals surface area contributed by atoms with Gasteiger partial charge in [0, 0.05) is 33.6 Å². The molecule has 0 spiro atoms. The SMILES string of the molecule is Cc1c(C(=O)NCC(C)C)sc2c1CN(C1=NOC(c3cc(Cl)cc(Cl)c3)(C(F)(F)F)C1)C2. The fourth-order valence-corrected chi connectivity index (χ4v) is 5.76. The van der Waals surface area contributed by atoms with E-state index in [9.17, 15) is 18.0 Å². The molecule has 2 aromatic rings. The maximum absolute atomic E-state index is 14.2. The van der Waals surface area contributed by atoms with Crippen LogP contribution >= 0.6 is 34.5 Å². The summed E-state index contributed by atoms with van der Waals surface area (Å²) in [6, 6.07) is 3.77. The quantitative estimate of drug-likeness (QED) is 0.518. The fourth-order valence-electron chi connectivity index (χ4n) is 3.98. The topological polar surface area (TPSA) is 53.9 Å². The summed E-state index contributed by atoms with van der Waals surface area (Å²) < 4.78 is 42.7. The summed E-state index contributed by atoms with van der Waals surface area (Å²) in [7, 11) is 0. The number of alkyl halides is 3. The molecule has 0 saturated heterocycles. The zero-order valence-electron chi connectivity index (χ0n) is 18.1. The number of thiophene rings is 1. The Labute approximate surface area is 203 Å². The van der Waals surface area contributed by atoms with Crippen LogP contribution in [-0.2, 0) is 23.5 Å². The molecule has 1 unspecified atom stereocenters. The lowest BCUT2D eigenvalue weighted by molar-refractivity contribution is -0.275. The number of hydrogen-bond donors (Lipinski definition) is 1. The molecule has 3 heterocycles. The van der Waals surface area contributed by atoms with Crippen molar-refractivity contribution >= 4 is 46.3 Å². The number of rotatable bonds is 4. The first-order valence-corrected chi connectivity index (χ1v) is 11.9. The Balaban J connectivity index is 1.54. The van der Waals surface area contributed by atoms with Gasteiger partial charge in [-0.05, 0) is 42.2 Å². The van der Waals surface area contributed by atoms with Crippen LogP contribution in [0.4, 0.5) is 13.2 Å². The number of oxime groups is 1. The summed E-state index contributed by atoms with van der Waals surface area (Å²) in [6.45, 7) is 7.20. The average Bonchev–Trinajstić information content (AvgIpc) is 3.39. The highest BCUT2D eigenvalue weighted by atomic mass is 35.5. The highest BCUT2D eigenvalue weighted by molar-refractivity contribution is 7.14. The molecular formula is C22H22Cl2F3N3O2S. The van der Waals surface area contributed by atoms with Crippen molar-refractivity contribution < 1.29 is 22.8 Å². The van der Waals surface area contributed by atoms with Crippen LogP contribution in [0.15, 0.2) is 23.4 Å². The maximum atomic E-state index is 14.2. The molecule has 1 atom stereocenters. The van der Waals surface area contributed by atoms with Gasteiger partial charge in [0.25, 0.3) is 11.5 Å². The molecule has 1 N–H and O–H groups in total. The number of amides is 1. The van der Waals surface area contributed by atoms with E-state index in [-0.39, 0.29) is 27.4 Å². The number of carbonyl (C=O) groups excluding carboxylic acids is 1. The molecule has 33 heavy (non-hydrogen) atoms. The Morgan fingerprint density at radius 3 is 2.52 bits per heavy atom. The van der Waals surface area contributed by atoms with Gasteiger partial charge in [-0.15, -0.1) is 11.3 Å². The van der Waals surface area contributed by atoms with Gasteiger partial charge < -0.3 is 15.1 Å². The molecular weight excluding hydrogens is 498 g/mol. The summed E-state index contributed by atoms with van der Waals surface area (Å²) in [5.41, 5.74) is -1.06. The van der Waals surface area contributed by atoms with Crippen LogP contribution in [0.25, 0.3) is 0 Å². The van der Waals surface area contributed by atoms with E-state index in [4.69, 9.17) is 28.0 Å². The van der Waals surface area contributed by atoms with E-state index >= 15 is 0 Å². The van der Waals surface area contributed by atoms with Gasteiger partial charge in [0.15, 0.2) is 0 Å². The van der Waals surface area contributed by atoms with Crippen molar-refractivity contribution in [1.82, 2.24) is 10.2 Å². The molecule has 11 heteroatoms. The van der Waals surface area contributed by atoms with E-state index in [1.807, 2.05) is 20.8 Å². The lowest BCUT2D eigenvalue weighted by Gasteiger charge is -2.30. The van der Waals surface area contributed by atoms with Crippen LogP contribution in [-0.4, -0.2) is 29.4 Å². The minimum absolute atomic E-state index is 0.0837. The number of nitrogens with one attached hydrogen (secondary N) is 1. The largest absolute Gasteiger partial charge is 0.435 e. The first-order valence-electron chi connectivity index (χ1n) is 10.3. The molecule has 0 radical (unpaired) electrons. The predicted octanol–water partition coefficient (Wildman–Crippen LogP) is 6.26. The molecule has 1 amide bonds. The lowest BCUT2D eigenvalue weighted by atomic mass is 9.89. The van der Waals surface area contributed by atoms with Crippen molar-refractivity contribution in [3.63, 3.8) is 0 Å². The Bertz CT molecular complexity index is 1110. The van der Waals surface area contributed by atoms with Crippen molar-refractivity contribution in [3.05, 3.63) is 54.7 Å². The van der Waals surface area contributed by atoms with Crippen molar-refractivity contribution in [2.45, 2.75) is 52.1 Å². The number of amidine groups is 1. The van der Waals surface area contributed by atoms with E-state index in [1.54, 1.807) is 4.90 Å². The molecule has 2 aliphatic rings. The predicted molar refractivity (Wildman–Crippen MR) is 123 cm³/mol. The van der Waals surface area contributed by atoms with Crippen molar-refractivity contribution in [2.75, 3.05) is 6.54 Å². The second-order valence-corrected chi connectivity index (χ2v) is 10.7. The number of hydrogen-bond acceptors (Lipinski definition) is 5. The normalized spacial score (nSPS) is 20.2. The third kappa shape index (κ3) is 4.42. The molecule has 4 rings (SSSR count). The summed E-state index contributed by atoms with van der Waals surface area (Å²) in [6.07, 6.45) is -5.24. The average molecular weight is 520 g/mol. The van der Waals surface area contributed by atoms with E-state index < -0.39 is 18.2 Å². The Hall–Kier alpha value is -1.97. The monoisotopic (exact) mass is 519 g/mol. The van der Waals surface area contributed by atoms with Gasteiger partial charge in [0.05, 0.1) is 17.8 Å². The lowest BCUT2D eigenvalue weighted by Crippen LogP contribution is -2.43. The van der Waals surface area contributed by atoms with Crippen LogP contribution in [0.5, 0.6) is 0 Å². The highest BCUT2D eigenvalue weighted by Crippen LogP contribution is 2.50. The third-order valence-corrected chi connectivity index (χ3v) is 7.54. The maximum Gasteiger partial charge on any atom is 0.435 e. The number of carbonyl (C=O) groups is 1. The Morgan fingerprint density at radius 2 is 1.94 bits per heavy atom. The smallest absolute Gasteiger partial charge is 0.372 e. The standard InChI is InChI=1S/C22H22Cl2F3N3O2S/c1-11(2)8-28-20(31)19-12(3)16-9-30(10-17(16)33-19)18-7-21(32-29-18,22(25,26)27)13-4-14(23)6-15(24)5-13/h4-6,11H,7-10H2,1-3H3,(H,28,31). The molecule has 5 nitrogen and oxygen atoms in total. The van der Waals surface area contributed by atoms with E-state index in [0.29, 0.717) is 30.4 Å². The van der Waals surface area contributed by atoms with Gasteiger partial charge in [0.2, 0.25) is 0 Å². The minimum Gasteiger partial charge on any atom is -0.372 e.